The average Bonchev–Trinajstić information content (AvgIpc) is 2.74. The SMILES string of the molecule is CC(=N)C(=O)N[C@@H]1CCCN(c2cc(=O)n(C)c(=O)n2Cc2cc(F)ccc2C#N)C1. The van der Waals surface area contributed by atoms with Crippen molar-refractivity contribution < 1.29 is 9.18 Å². The Balaban J connectivity index is 2.01. The van der Waals surface area contributed by atoms with Crippen molar-refractivity contribution >= 4 is 17.4 Å². The number of carbonyl (C=O) groups is 1. The summed E-state index contributed by atoms with van der Waals surface area (Å²) in [5.74, 6) is -0.658. The molecule has 0 unspecified atom stereocenters. The molecule has 1 aliphatic rings. The molecule has 0 saturated carbocycles. The molecule has 1 atom stereocenters. The highest BCUT2D eigenvalue weighted by atomic mass is 19.1. The van der Waals surface area contributed by atoms with Crippen molar-refractivity contribution in [2.45, 2.75) is 32.4 Å². The van der Waals surface area contributed by atoms with Crippen LogP contribution < -0.4 is 21.5 Å². The molecule has 9 nitrogen and oxygen atoms in total. The van der Waals surface area contributed by atoms with Crippen molar-refractivity contribution in [1.82, 2.24) is 14.5 Å². The number of nitrogens with one attached hydrogen (secondary N) is 2. The molecule has 1 aliphatic heterocycles. The van der Waals surface area contributed by atoms with Gasteiger partial charge in [-0.15, -0.1) is 0 Å². The molecule has 0 radical (unpaired) electrons. The van der Waals surface area contributed by atoms with Gasteiger partial charge in [0.05, 0.1) is 23.9 Å². The third kappa shape index (κ3) is 4.71. The van der Waals surface area contributed by atoms with E-state index in [1.165, 1.54) is 42.8 Å². The maximum atomic E-state index is 13.8. The first kappa shape index (κ1) is 22.0. The van der Waals surface area contributed by atoms with Gasteiger partial charge in [0.15, 0.2) is 0 Å². The van der Waals surface area contributed by atoms with Gasteiger partial charge in [-0.05, 0) is 43.5 Å². The van der Waals surface area contributed by atoms with E-state index in [0.717, 1.165) is 4.57 Å². The van der Waals surface area contributed by atoms with Crippen LogP contribution in [-0.2, 0) is 18.4 Å². The van der Waals surface area contributed by atoms with Crippen LogP contribution in [0.25, 0.3) is 0 Å². The summed E-state index contributed by atoms with van der Waals surface area (Å²) in [5, 5.41) is 19.6. The molecule has 10 heteroatoms. The van der Waals surface area contributed by atoms with Gasteiger partial charge in [-0.3, -0.25) is 24.1 Å². The van der Waals surface area contributed by atoms with Crippen LogP contribution in [0, 0.1) is 22.6 Å². The Morgan fingerprint density at radius 3 is 2.77 bits per heavy atom. The predicted octanol–water partition coefficient (Wildman–Crippen LogP) is 0.731. The number of hydrogen-bond donors (Lipinski definition) is 2. The first-order valence-electron chi connectivity index (χ1n) is 9.81. The number of anilines is 1. The molecular weight excluding hydrogens is 403 g/mol. The van der Waals surface area contributed by atoms with Crippen LogP contribution >= 0.6 is 0 Å². The topological polar surface area (TPSA) is 124 Å². The molecule has 1 aromatic heterocycles. The molecular formula is C21H23FN6O3. The van der Waals surface area contributed by atoms with Crippen LogP contribution in [0.3, 0.4) is 0 Å². The fraction of sp³-hybridized carbons (Fsp3) is 0.381. The molecule has 0 aliphatic carbocycles. The average molecular weight is 426 g/mol. The van der Waals surface area contributed by atoms with Gasteiger partial charge in [-0.2, -0.15) is 5.26 Å². The standard InChI is InChI=1S/C21H23FN6O3/c1-13(24)20(30)25-17-4-3-7-27(12-17)18-9-19(29)26(2)21(31)28(18)11-15-8-16(22)6-5-14(15)10-23/h5-6,8-9,17,24H,3-4,7,11-12H2,1-2H3,(H,25,30)/t17-/m1/s1. The minimum atomic E-state index is -0.586. The van der Waals surface area contributed by atoms with E-state index in [-0.39, 0.29) is 23.9 Å². The van der Waals surface area contributed by atoms with Gasteiger partial charge in [0.25, 0.3) is 11.5 Å². The van der Waals surface area contributed by atoms with E-state index < -0.39 is 23.0 Å². The van der Waals surface area contributed by atoms with Gasteiger partial charge >= 0.3 is 5.69 Å². The molecule has 1 fully saturated rings. The zero-order valence-electron chi connectivity index (χ0n) is 17.3. The number of amides is 1. The van der Waals surface area contributed by atoms with Gasteiger partial charge in [0.1, 0.15) is 11.6 Å². The summed E-state index contributed by atoms with van der Waals surface area (Å²) >= 11 is 0. The number of hydrogen-bond acceptors (Lipinski definition) is 6. The van der Waals surface area contributed by atoms with E-state index >= 15 is 0 Å². The number of benzene rings is 1. The highest BCUT2D eigenvalue weighted by Gasteiger charge is 2.25. The fourth-order valence-corrected chi connectivity index (χ4v) is 3.64. The number of halogens is 1. The maximum Gasteiger partial charge on any atom is 0.332 e. The van der Waals surface area contributed by atoms with Crippen LogP contribution in [0.5, 0.6) is 0 Å². The third-order valence-corrected chi connectivity index (χ3v) is 5.31. The number of rotatable bonds is 5. The zero-order chi connectivity index (χ0) is 22.7. The minimum absolute atomic E-state index is 0.0872. The Hall–Kier alpha value is -3.74. The summed E-state index contributed by atoms with van der Waals surface area (Å²) in [6.07, 6.45) is 1.40. The molecule has 1 amide bonds. The number of nitriles is 1. The second-order valence-electron chi connectivity index (χ2n) is 7.57. The van der Waals surface area contributed by atoms with Crippen LogP contribution in [-0.4, -0.2) is 39.9 Å². The van der Waals surface area contributed by atoms with Crippen molar-refractivity contribution in [1.29, 1.82) is 10.7 Å². The first-order valence-corrected chi connectivity index (χ1v) is 9.81. The molecule has 2 N–H and O–H groups in total. The predicted molar refractivity (Wildman–Crippen MR) is 113 cm³/mol. The number of aromatic nitrogens is 2. The van der Waals surface area contributed by atoms with Gasteiger partial charge in [-0.25, -0.2) is 9.18 Å². The Kier molecular flexibility index (Phi) is 6.34. The summed E-state index contributed by atoms with van der Waals surface area (Å²) in [6.45, 7) is 2.22. The van der Waals surface area contributed by atoms with Crippen molar-refractivity contribution in [3.8, 4) is 6.07 Å². The van der Waals surface area contributed by atoms with Crippen molar-refractivity contribution in [3.05, 3.63) is 62.0 Å². The van der Waals surface area contributed by atoms with Crippen LogP contribution in [0.15, 0.2) is 33.9 Å². The summed E-state index contributed by atoms with van der Waals surface area (Å²) in [5.41, 5.74) is -0.614. The van der Waals surface area contributed by atoms with Gasteiger partial charge in [-0.1, -0.05) is 0 Å². The largest absolute Gasteiger partial charge is 0.356 e. The van der Waals surface area contributed by atoms with Crippen LogP contribution in [0.4, 0.5) is 10.2 Å². The quantitative estimate of drug-likeness (QED) is 0.682. The second kappa shape index (κ2) is 8.95. The lowest BCUT2D eigenvalue weighted by Crippen LogP contribution is -2.51. The van der Waals surface area contributed by atoms with E-state index in [1.807, 2.05) is 11.0 Å². The Morgan fingerprint density at radius 1 is 1.35 bits per heavy atom. The van der Waals surface area contributed by atoms with E-state index in [9.17, 15) is 24.0 Å². The normalized spacial score (nSPS) is 15.9. The second-order valence-corrected chi connectivity index (χ2v) is 7.57. The van der Waals surface area contributed by atoms with Crippen LogP contribution in [0.2, 0.25) is 0 Å². The third-order valence-electron chi connectivity index (χ3n) is 5.31. The molecule has 31 heavy (non-hydrogen) atoms. The maximum absolute atomic E-state index is 13.8. The van der Waals surface area contributed by atoms with Crippen LogP contribution in [0.1, 0.15) is 30.9 Å². The van der Waals surface area contributed by atoms with Gasteiger partial charge in [0, 0.05) is 32.2 Å². The highest BCUT2D eigenvalue weighted by Crippen LogP contribution is 2.20. The number of piperidine rings is 1. The summed E-state index contributed by atoms with van der Waals surface area (Å²) in [7, 11) is 1.35. The van der Waals surface area contributed by atoms with Crippen molar-refractivity contribution in [3.63, 3.8) is 0 Å². The summed E-state index contributed by atoms with van der Waals surface area (Å²) in [6, 6.07) is 6.80. The molecule has 0 spiro atoms. The first-order chi connectivity index (χ1) is 14.7. The lowest BCUT2D eigenvalue weighted by molar-refractivity contribution is -0.115. The van der Waals surface area contributed by atoms with E-state index in [1.54, 1.807) is 0 Å². The van der Waals surface area contributed by atoms with Crippen molar-refractivity contribution in [2.75, 3.05) is 18.0 Å². The highest BCUT2D eigenvalue weighted by molar-refractivity contribution is 6.36. The lowest BCUT2D eigenvalue weighted by Gasteiger charge is -2.35. The molecule has 2 heterocycles. The van der Waals surface area contributed by atoms with Gasteiger partial charge in [0.2, 0.25) is 0 Å². The lowest BCUT2D eigenvalue weighted by atomic mass is 10.1. The van der Waals surface area contributed by atoms with E-state index in [0.29, 0.717) is 37.3 Å². The molecule has 0 bridgehead atoms. The molecule has 3 rings (SSSR count). The smallest absolute Gasteiger partial charge is 0.332 e. The Morgan fingerprint density at radius 2 is 2.10 bits per heavy atom. The molecule has 1 aromatic carbocycles. The molecule has 162 valence electrons. The Bertz CT molecular complexity index is 1190. The number of nitrogens with zero attached hydrogens (tertiary/aromatic N) is 4. The minimum Gasteiger partial charge on any atom is -0.356 e. The zero-order valence-corrected chi connectivity index (χ0v) is 17.3. The fourth-order valence-electron chi connectivity index (χ4n) is 3.64. The molecule has 1 saturated heterocycles. The summed E-state index contributed by atoms with van der Waals surface area (Å²) in [4.78, 5) is 39.0. The monoisotopic (exact) mass is 426 g/mol. The van der Waals surface area contributed by atoms with Crippen molar-refractivity contribution in [2.24, 2.45) is 7.05 Å². The van der Waals surface area contributed by atoms with E-state index in [2.05, 4.69) is 5.32 Å². The van der Waals surface area contributed by atoms with E-state index in [4.69, 9.17) is 5.41 Å². The number of carbonyl (C=O) groups excluding carboxylic acids is 1. The van der Waals surface area contributed by atoms with Gasteiger partial charge < -0.3 is 10.2 Å². The molecule has 2 aromatic rings. The Labute approximate surface area is 177 Å². The summed E-state index contributed by atoms with van der Waals surface area (Å²) < 4.78 is 16.1.